The third-order valence-electron chi connectivity index (χ3n) is 3.06. The van der Waals surface area contributed by atoms with E-state index < -0.39 is 0 Å². The van der Waals surface area contributed by atoms with Crippen molar-refractivity contribution in [2.45, 2.75) is 23.8 Å². The zero-order chi connectivity index (χ0) is 13.5. The van der Waals surface area contributed by atoms with Crippen molar-refractivity contribution in [3.05, 3.63) is 24.3 Å². The first kappa shape index (κ1) is 17.3. The lowest BCUT2D eigenvalue weighted by Crippen LogP contribution is -2.33. The number of anilines is 1. The number of amides is 1. The largest absolute Gasteiger partial charge is 0.377 e. The molecule has 1 fully saturated rings. The fourth-order valence-electron chi connectivity index (χ4n) is 2.09. The summed E-state index contributed by atoms with van der Waals surface area (Å²) in [7, 11) is 0. The van der Waals surface area contributed by atoms with Crippen LogP contribution in [0.3, 0.4) is 0 Å². The molecule has 0 bridgehead atoms. The van der Waals surface area contributed by atoms with Crippen LogP contribution >= 0.6 is 24.2 Å². The number of ether oxygens (including phenoxy) is 1. The number of thioether (sulfide) groups is 1. The standard InChI is InChI=1S/C14H20N2O2S.ClH/c1-19-13-7-3-2-6-12(13)16-14(17)10-15-9-11-5-4-8-18-11;/h2-3,6-7,11,15H,4-5,8-10H2,1H3,(H,16,17);1H. The van der Waals surface area contributed by atoms with E-state index in [2.05, 4.69) is 10.6 Å². The van der Waals surface area contributed by atoms with Crippen molar-refractivity contribution in [2.75, 3.05) is 31.3 Å². The maximum absolute atomic E-state index is 11.8. The summed E-state index contributed by atoms with van der Waals surface area (Å²) in [5.41, 5.74) is 0.874. The van der Waals surface area contributed by atoms with E-state index in [0.717, 1.165) is 36.6 Å². The molecule has 112 valence electrons. The Morgan fingerprint density at radius 2 is 2.25 bits per heavy atom. The molecule has 1 atom stereocenters. The molecule has 1 unspecified atom stereocenters. The third-order valence-corrected chi connectivity index (χ3v) is 3.86. The third kappa shape index (κ3) is 5.32. The molecule has 4 nitrogen and oxygen atoms in total. The second kappa shape index (κ2) is 9.23. The Morgan fingerprint density at radius 3 is 2.95 bits per heavy atom. The van der Waals surface area contributed by atoms with Crippen LogP contribution in [0.5, 0.6) is 0 Å². The molecule has 0 spiro atoms. The first-order valence-corrected chi connectivity index (χ1v) is 7.77. The monoisotopic (exact) mass is 316 g/mol. The van der Waals surface area contributed by atoms with Crippen molar-refractivity contribution in [3.8, 4) is 0 Å². The minimum atomic E-state index is -0.0144. The van der Waals surface area contributed by atoms with Gasteiger partial charge in [-0.3, -0.25) is 4.79 Å². The SMILES string of the molecule is CSc1ccccc1NC(=O)CNCC1CCCO1.Cl. The summed E-state index contributed by atoms with van der Waals surface area (Å²) in [6.07, 6.45) is 4.48. The maximum Gasteiger partial charge on any atom is 0.238 e. The summed E-state index contributed by atoms with van der Waals surface area (Å²) in [6.45, 7) is 1.92. The smallest absolute Gasteiger partial charge is 0.238 e. The molecule has 0 aromatic heterocycles. The second-order valence-electron chi connectivity index (χ2n) is 4.51. The summed E-state index contributed by atoms with van der Waals surface area (Å²) >= 11 is 1.63. The number of hydrogen-bond acceptors (Lipinski definition) is 4. The number of halogens is 1. The van der Waals surface area contributed by atoms with Gasteiger partial charge in [0.2, 0.25) is 5.91 Å². The van der Waals surface area contributed by atoms with E-state index in [1.807, 2.05) is 30.5 Å². The second-order valence-corrected chi connectivity index (χ2v) is 5.36. The molecule has 2 N–H and O–H groups in total. The molecular weight excluding hydrogens is 296 g/mol. The Hall–Kier alpha value is -0.750. The summed E-state index contributed by atoms with van der Waals surface area (Å²) in [5, 5.41) is 6.06. The van der Waals surface area contributed by atoms with E-state index >= 15 is 0 Å². The van der Waals surface area contributed by atoms with Crippen LogP contribution in [-0.4, -0.2) is 38.0 Å². The molecule has 0 aliphatic carbocycles. The molecule has 1 aliphatic rings. The Morgan fingerprint density at radius 1 is 1.45 bits per heavy atom. The Bertz CT molecular complexity index is 425. The van der Waals surface area contributed by atoms with E-state index in [1.54, 1.807) is 11.8 Å². The van der Waals surface area contributed by atoms with Crippen LogP contribution in [0, 0.1) is 0 Å². The molecule has 20 heavy (non-hydrogen) atoms. The first-order valence-electron chi connectivity index (χ1n) is 6.55. The molecular formula is C14H21ClN2O2S. The average molecular weight is 317 g/mol. The summed E-state index contributed by atoms with van der Waals surface area (Å²) in [5.74, 6) is -0.0144. The normalized spacial score (nSPS) is 17.6. The van der Waals surface area contributed by atoms with Crippen molar-refractivity contribution in [2.24, 2.45) is 0 Å². The lowest BCUT2D eigenvalue weighted by Gasteiger charge is -2.12. The van der Waals surface area contributed by atoms with Crippen molar-refractivity contribution in [1.29, 1.82) is 0 Å². The predicted octanol–water partition coefficient (Wildman–Crippen LogP) is 2.54. The molecule has 1 saturated heterocycles. The minimum absolute atomic E-state index is 0. The predicted molar refractivity (Wildman–Crippen MR) is 85.9 cm³/mol. The molecule has 1 aromatic carbocycles. The Balaban J connectivity index is 0.00000200. The maximum atomic E-state index is 11.8. The number of carbonyl (C=O) groups is 1. The number of carbonyl (C=O) groups excluding carboxylic acids is 1. The van der Waals surface area contributed by atoms with Crippen LogP contribution in [0.1, 0.15) is 12.8 Å². The van der Waals surface area contributed by atoms with Gasteiger partial charge in [-0.05, 0) is 31.2 Å². The van der Waals surface area contributed by atoms with E-state index in [1.165, 1.54) is 0 Å². The van der Waals surface area contributed by atoms with Crippen molar-refractivity contribution in [1.82, 2.24) is 5.32 Å². The molecule has 1 aliphatic heterocycles. The van der Waals surface area contributed by atoms with Crippen molar-refractivity contribution < 1.29 is 9.53 Å². The molecule has 6 heteroatoms. The highest BCUT2D eigenvalue weighted by Crippen LogP contribution is 2.24. The molecule has 1 amide bonds. The minimum Gasteiger partial charge on any atom is -0.377 e. The lowest BCUT2D eigenvalue weighted by molar-refractivity contribution is -0.115. The number of rotatable bonds is 6. The highest BCUT2D eigenvalue weighted by Gasteiger charge is 2.15. The van der Waals surface area contributed by atoms with Gasteiger partial charge in [-0.1, -0.05) is 12.1 Å². The van der Waals surface area contributed by atoms with Gasteiger partial charge in [-0.25, -0.2) is 0 Å². The van der Waals surface area contributed by atoms with Gasteiger partial charge in [0.1, 0.15) is 0 Å². The van der Waals surface area contributed by atoms with Crippen LogP contribution in [0.2, 0.25) is 0 Å². The highest BCUT2D eigenvalue weighted by molar-refractivity contribution is 7.98. The van der Waals surface area contributed by atoms with Crippen LogP contribution < -0.4 is 10.6 Å². The number of nitrogens with one attached hydrogen (secondary N) is 2. The van der Waals surface area contributed by atoms with Gasteiger partial charge < -0.3 is 15.4 Å². The fraction of sp³-hybridized carbons (Fsp3) is 0.500. The van der Waals surface area contributed by atoms with Crippen LogP contribution in [-0.2, 0) is 9.53 Å². The number of hydrogen-bond donors (Lipinski definition) is 2. The topological polar surface area (TPSA) is 50.4 Å². The quantitative estimate of drug-likeness (QED) is 0.792. The van der Waals surface area contributed by atoms with Crippen LogP contribution in [0.25, 0.3) is 0 Å². The van der Waals surface area contributed by atoms with E-state index in [4.69, 9.17) is 4.74 Å². The van der Waals surface area contributed by atoms with Crippen molar-refractivity contribution >= 4 is 35.8 Å². The lowest BCUT2D eigenvalue weighted by atomic mass is 10.2. The highest BCUT2D eigenvalue weighted by atomic mass is 35.5. The first-order chi connectivity index (χ1) is 9.29. The molecule has 1 aromatic rings. The fourth-order valence-corrected chi connectivity index (χ4v) is 2.65. The van der Waals surface area contributed by atoms with Crippen molar-refractivity contribution in [3.63, 3.8) is 0 Å². The van der Waals surface area contributed by atoms with Gasteiger partial charge in [0.05, 0.1) is 18.3 Å². The van der Waals surface area contributed by atoms with Crippen LogP contribution in [0.15, 0.2) is 29.2 Å². The molecule has 1 heterocycles. The zero-order valence-electron chi connectivity index (χ0n) is 11.6. The number of para-hydroxylation sites is 1. The van der Waals surface area contributed by atoms with Gasteiger partial charge in [-0.15, -0.1) is 24.2 Å². The molecule has 0 saturated carbocycles. The average Bonchev–Trinajstić information content (AvgIpc) is 2.92. The van der Waals surface area contributed by atoms with E-state index in [-0.39, 0.29) is 24.4 Å². The molecule has 0 radical (unpaired) electrons. The summed E-state index contributed by atoms with van der Waals surface area (Å²) < 4.78 is 5.49. The number of benzene rings is 1. The molecule has 2 rings (SSSR count). The Labute approximate surface area is 130 Å². The van der Waals surface area contributed by atoms with Gasteiger partial charge in [-0.2, -0.15) is 0 Å². The van der Waals surface area contributed by atoms with E-state index in [0.29, 0.717) is 6.54 Å². The summed E-state index contributed by atoms with van der Waals surface area (Å²) in [4.78, 5) is 12.9. The summed E-state index contributed by atoms with van der Waals surface area (Å²) in [6, 6.07) is 7.82. The van der Waals surface area contributed by atoms with Gasteiger partial charge in [0.15, 0.2) is 0 Å². The van der Waals surface area contributed by atoms with Gasteiger partial charge in [0, 0.05) is 18.0 Å². The van der Waals surface area contributed by atoms with E-state index in [9.17, 15) is 4.79 Å². The van der Waals surface area contributed by atoms with Crippen LogP contribution in [0.4, 0.5) is 5.69 Å². The Kier molecular flexibility index (Phi) is 7.99. The zero-order valence-corrected chi connectivity index (χ0v) is 13.2. The van der Waals surface area contributed by atoms with Gasteiger partial charge in [0.25, 0.3) is 0 Å². The van der Waals surface area contributed by atoms with Gasteiger partial charge >= 0.3 is 0 Å².